The Balaban J connectivity index is 0.00000261. The summed E-state index contributed by atoms with van der Waals surface area (Å²) < 4.78 is 1.76. The highest BCUT2D eigenvalue weighted by molar-refractivity contribution is 14.0. The molecule has 3 rings (SSSR count). The molecule has 1 saturated heterocycles. The summed E-state index contributed by atoms with van der Waals surface area (Å²) in [6.07, 6.45) is 4.04. The van der Waals surface area contributed by atoms with Gasteiger partial charge in [0.2, 0.25) is 0 Å². The van der Waals surface area contributed by atoms with Crippen LogP contribution < -0.4 is 10.6 Å². The first-order valence-corrected chi connectivity index (χ1v) is 9.39. The SMILES string of the molecule is CCNC(=NCc1ncnn1C)NCC1CCCN1Cc1ccccc1.I. The number of benzene rings is 1. The van der Waals surface area contributed by atoms with Crippen molar-refractivity contribution in [2.45, 2.75) is 38.9 Å². The molecule has 0 radical (unpaired) electrons. The van der Waals surface area contributed by atoms with Crippen molar-refractivity contribution in [2.24, 2.45) is 12.0 Å². The number of rotatable bonds is 7. The number of halogens is 1. The highest BCUT2D eigenvalue weighted by Crippen LogP contribution is 2.19. The van der Waals surface area contributed by atoms with E-state index >= 15 is 0 Å². The van der Waals surface area contributed by atoms with E-state index in [9.17, 15) is 0 Å². The van der Waals surface area contributed by atoms with Crippen LogP contribution in [0, 0.1) is 0 Å². The van der Waals surface area contributed by atoms with Gasteiger partial charge in [-0.25, -0.2) is 9.98 Å². The van der Waals surface area contributed by atoms with Gasteiger partial charge >= 0.3 is 0 Å². The number of hydrogen-bond acceptors (Lipinski definition) is 4. The largest absolute Gasteiger partial charge is 0.357 e. The third-order valence-corrected chi connectivity index (χ3v) is 4.76. The van der Waals surface area contributed by atoms with Gasteiger partial charge in [-0.05, 0) is 31.9 Å². The van der Waals surface area contributed by atoms with E-state index < -0.39 is 0 Å². The maximum Gasteiger partial charge on any atom is 0.191 e. The van der Waals surface area contributed by atoms with E-state index in [0.717, 1.165) is 38.0 Å². The summed E-state index contributed by atoms with van der Waals surface area (Å²) in [5.74, 6) is 1.69. The normalized spacial score (nSPS) is 17.6. The predicted molar refractivity (Wildman–Crippen MR) is 119 cm³/mol. The Kier molecular flexibility index (Phi) is 8.99. The summed E-state index contributed by atoms with van der Waals surface area (Å²) >= 11 is 0. The molecule has 1 aromatic carbocycles. The van der Waals surface area contributed by atoms with Gasteiger partial charge in [-0.3, -0.25) is 9.58 Å². The van der Waals surface area contributed by atoms with Crippen molar-refractivity contribution in [3.05, 3.63) is 48.0 Å². The summed E-state index contributed by atoms with van der Waals surface area (Å²) in [6.45, 7) is 6.51. The van der Waals surface area contributed by atoms with E-state index in [2.05, 4.69) is 67.9 Å². The van der Waals surface area contributed by atoms with Crippen molar-refractivity contribution >= 4 is 29.9 Å². The second-order valence-electron chi connectivity index (χ2n) is 6.63. The first-order valence-electron chi connectivity index (χ1n) is 9.39. The molecule has 7 nitrogen and oxygen atoms in total. The molecule has 8 heteroatoms. The van der Waals surface area contributed by atoms with E-state index in [1.54, 1.807) is 11.0 Å². The molecule has 1 unspecified atom stereocenters. The Morgan fingerprint density at radius 1 is 1.26 bits per heavy atom. The number of nitrogens with zero attached hydrogens (tertiary/aromatic N) is 5. The molecule has 0 amide bonds. The minimum absolute atomic E-state index is 0. The molecule has 2 N–H and O–H groups in total. The van der Waals surface area contributed by atoms with Gasteiger partial charge in [0.05, 0.1) is 0 Å². The number of likely N-dealkylation sites (tertiary alicyclic amines) is 1. The van der Waals surface area contributed by atoms with Crippen LogP contribution in [0.5, 0.6) is 0 Å². The molecule has 0 spiro atoms. The molecule has 2 aromatic rings. The van der Waals surface area contributed by atoms with Crippen LogP contribution in [0.25, 0.3) is 0 Å². The Morgan fingerprint density at radius 2 is 2.07 bits per heavy atom. The maximum absolute atomic E-state index is 4.64. The molecule has 1 fully saturated rings. The first kappa shape index (κ1) is 21.6. The van der Waals surface area contributed by atoms with E-state index in [1.165, 1.54) is 18.4 Å². The van der Waals surface area contributed by atoms with Crippen LogP contribution in [0.1, 0.15) is 31.2 Å². The van der Waals surface area contributed by atoms with E-state index in [-0.39, 0.29) is 24.0 Å². The van der Waals surface area contributed by atoms with E-state index in [4.69, 9.17) is 0 Å². The van der Waals surface area contributed by atoms with E-state index in [0.29, 0.717) is 12.6 Å². The summed E-state index contributed by atoms with van der Waals surface area (Å²) in [6, 6.07) is 11.2. The standard InChI is InChI=1S/C19H29N7.HI/c1-3-20-19(22-13-18-23-15-24-25(18)2)21-12-17-10-7-11-26(17)14-16-8-5-4-6-9-16;/h4-6,8-9,15,17H,3,7,10-14H2,1-2H3,(H2,20,21,22);1H. The third-order valence-electron chi connectivity index (χ3n) is 4.76. The number of nitrogens with one attached hydrogen (secondary N) is 2. The minimum Gasteiger partial charge on any atom is -0.357 e. The Morgan fingerprint density at radius 3 is 2.78 bits per heavy atom. The molecular weight excluding hydrogens is 453 g/mol. The molecule has 148 valence electrons. The Bertz CT molecular complexity index is 701. The molecule has 1 aliphatic heterocycles. The third kappa shape index (κ3) is 6.46. The maximum atomic E-state index is 4.64. The lowest BCUT2D eigenvalue weighted by atomic mass is 10.2. The lowest BCUT2D eigenvalue weighted by Gasteiger charge is -2.25. The van der Waals surface area contributed by atoms with Gasteiger partial charge in [0, 0.05) is 32.7 Å². The van der Waals surface area contributed by atoms with Gasteiger partial charge in [0.1, 0.15) is 18.7 Å². The highest BCUT2D eigenvalue weighted by atomic mass is 127. The van der Waals surface area contributed by atoms with Crippen LogP contribution in [0.4, 0.5) is 0 Å². The van der Waals surface area contributed by atoms with E-state index in [1.807, 2.05) is 7.05 Å². The Labute approximate surface area is 178 Å². The van der Waals surface area contributed by atoms with Crippen LogP contribution in [-0.2, 0) is 20.1 Å². The van der Waals surface area contributed by atoms with Crippen molar-refractivity contribution in [1.29, 1.82) is 0 Å². The van der Waals surface area contributed by atoms with Gasteiger partial charge in [0.25, 0.3) is 0 Å². The highest BCUT2D eigenvalue weighted by Gasteiger charge is 2.24. The monoisotopic (exact) mass is 483 g/mol. The molecule has 1 aromatic heterocycles. The van der Waals surface area contributed by atoms with Gasteiger partial charge in [0.15, 0.2) is 5.96 Å². The zero-order valence-corrected chi connectivity index (χ0v) is 18.5. The molecule has 0 saturated carbocycles. The second kappa shape index (κ2) is 11.2. The zero-order valence-electron chi connectivity index (χ0n) is 16.1. The van der Waals surface area contributed by atoms with Gasteiger partial charge in [-0.2, -0.15) is 5.10 Å². The number of aromatic nitrogens is 3. The predicted octanol–water partition coefficient (Wildman–Crippen LogP) is 2.15. The quantitative estimate of drug-likeness (QED) is 0.359. The lowest BCUT2D eigenvalue weighted by Crippen LogP contribution is -2.44. The zero-order chi connectivity index (χ0) is 18.2. The van der Waals surface area contributed by atoms with Crippen LogP contribution in [0.15, 0.2) is 41.7 Å². The van der Waals surface area contributed by atoms with Crippen LogP contribution in [0.2, 0.25) is 0 Å². The summed E-state index contributed by atoms with van der Waals surface area (Å²) in [4.78, 5) is 11.4. The first-order chi connectivity index (χ1) is 12.8. The van der Waals surface area contributed by atoms with Crippen molar-refractivity contribution < 1.29 is 0 Å². The smallest absolute Gasteiger partial charge is 0.191 e. The molecule has 1 atom stereocenters. The van der Waals surface area contributed by atoms with Gasteiger partial charge in [-0.15, -0.1) is 24.0 Å². The van der Waals surface area contributed by atoms with Crippen molar-refractivity contribution in [3.63, 3.8) is 0 Å². The van der Waals surface area contributed by atoms with Crippen LogP contribution in [-0.4, -0.2) is 51.3 Å². The van der Waals surface area contributed by atoms with Gasteiger partial charge < -0.3 is 10.6 Å². The van der Waals surface area contributed by atoms with Crippen molar-refractivity contribution in [2.75, 3.05) is 19.6 Å². The second-order valence-corrected chi connectivity index (χ2v) is 6.63. The number of hydrogen-bond donors (Lipinski definition) is 2. The summed E-state index contributed by atoms with van der Waals surface area (Å²) in [5, 5.41) is 10.9. The molecule has 0 bridgehead atoms. The fourth-order valence-corrected chi connectivity index (χ4v) is 3.32. The van der Waals surface area contributed by atoms with Crippen LogP contribution in [0.3, 0.4) is 0 Å². The number of aliphatic imine (C=N–C) groups is 1. The number of guanidine groups is 1. The summed E-state index contributed by atoms with van der Waals surface area (Å²) in [7, 11) is 1.89. The van der Waals surface area contributed by atoms with Crippen LogP contribution >= 0.6 is 24.0 Å². The number of aryl methyl sites for hydroxylation is 1. The molecule has 2 heterocycles. The molecule has 0 aliphatic carbocycles. The van der Waals surface area contributed by atoms with Crippen molar-refractivity contribution in [3.8, 4) is 0 Å². The molecule has 27 heavy (non-hydrogen) atoms. The average molecular weight is 483 g/mol. The lowest BCUT2D eigenvalue weighted by molar-refractivity contribution is 0.245. The molecular formula is C19H30IN7. The average Bonchev–Trinajstić information content (AvgIpc) is 3.27. The summed E-state index contributed by atoms with van der Waals surface area (Å²) in [5.41, 5.74) is 1.38. The topological polar surface area (TPSA) is 70.4 Å². The minimum atomic E-state index is 0. The van der Waals surface area contributed by atoms with Gasteiger partial charge in [-0.1, -0.05) is 30.3 Å². The van der Waals surface area contributed by atoms with Crippen molar-refractivity contribution in [1.82, 2.24) is 30.3 Å². The Hall–Kier alpha value is -1.68. The fraction of sp³-hybridized carbons (Fsp3) is 0.526. The fourth-order valence-electron chi connectivity index (χ4n) is 3.32. The molecule has 1 aliphatic rings.